The molecule has 2 aromatic carbocycles. The normalized spacial score (nSPS) is 11.6. The Balaban J connectivity index is 2.14. The van der Waals surface area contributed by atoms with Gasteiger partial charge in [-0.25, -0.2) is 0 Å². The zero-order valence-corrected chi connectivity index (χ0v) is 15.9. The van der Waals surface area contributed by atoms with Gasteiger partial charge in [-0.15, -0.1) is 0 Å². The molecule has 1 atom stereocenters. The molecule has 0 heterocycles. The summed E-state index contributed by atoms with van der Waals surface area (Å²) in [5, 5.41) is 3.72. The minimum Gasteiger partial charge on any atom is -0.495 e. The fourth-order valence-electron chi connectivity index (χ4n) is 2.18. The Labute approximate surface area is 156 Å². The maximum atomic E-state index is 12.4. The van der Waals surface area contributed by atoms with E-state index in [9.17, 15) is 4.79 Å². The van der Waals surface area contributed by atoms with Gasteiger partial charge in [0.05, 0.1) is 24.9 Å². The van der Waals surface area contributed by atoms with Crippen LogP contribution < -0.4 is 19.5 Å². The molecular weight excluding hydrogens is 365 g/mol. The van der Waals surface area contributed by atoms with Crippen LogP contribution in [0.1, 0.15) is 12.5 Å². The van der Waals surface area contributed by atoms with Crippen molar-refractivity contribution in [2.45, 2.75) is 20.0 Å². The lowest BCUT2D eigenvalue weighted by atomic mass is 10.2. The summed E-state index contributed by atoms with van der Waals surface area (Å²) in [5.41, 5.74) is 1.28. The molecule has 5 nitrogen and oxygen atoms in total. The van der Waals surface area contributed by atoms with Gasteiger partial charge in [-0.3, -0.25) is 4.79 Å². The van der Waals surface area contributed by atoms with Crippen LogP contribution in [0, 0.1) is 6.92 Å². The van der Waals surface area contributed by atoms with E-state index < -0.39 is 6.10 Å². The van der Waals surface area contributed by atoms with Crippen LogP contribution in [-0.2, 0) is 4.79 Å². The van der Waals surface area contributed by atoms with Gasteiger partial charge in [0, 0.05) is 11.1 Å². The van der Waals surface area contributed by atoms with Gasteiger partial charge in [0.25, 0.3) is 5.91 Å². The Kier molecular flexibility index (Phi) is 6.39. The third-order valence-electron chi connectivity index (χ3n) is 3.54. The SMILES string of the molecule is COc1cc(OC)c(NC(=O)C(C)Oc2ccc(Cl)cc2C)cc1Cl. The van der Waals surface area contributed by atoms with Crippen molar-refractivity contribution in [3.63, 3.8) is 0 Å². The molecule has 0 saturated carbocycles. The van der Waals surface area contributed by atoms with Crippen molar-refractivity contribution < 1.29 is 19.0 Å². The Bertz CT molecular complexity index is 780. The zero-order valence-electron chi connectivity index (χ0n) is 14.4. The summed E-state index contributed by atoms with van der Waals surface area (Å²) in [6, 6.07) is 8.38. The van der Waals surface area contributed by atoms with Crippen molar-refractivity contribution in [3.05, 3.63) is 45.9 Å². The van der Waals surface area contributed by atoms with Crippen LogP contribution >= 0.6 is 23.2 Å². The molecule has 0 aromatic heterocycles. The number of rotatable bonds is 6. The van der Waals surface area contributed by atoms with E-state index in [1.54, 1.807) is 37.3 Å². The fraction of sp³-hybridized carbons (Fsp3) is 0.278. The Morgan fingerprint density at radius 3 is 2.32 bits per heavy atom. The van der Waals surface area contributed by atoms with E-state index in [1.807, 2.05) is 6.92 Å². The van der Waals surface area contributed by atoms with Crippen LogP contribution in [0.25, 0.3) is 0 Å². The van der Waals surface area contributed by atoms with Crippen molar-refractivity contribution in [2.24, 2.45) is 0 Å². The van der Waals surface area contributed by atoms with E-state index in [0.29, 0.717) is 33.0 Å². The highest BCUT2D eigenvalue weighted by molar-refractivity contribution is 6.32. The topological polar surface area (TPSA) is 56.8 Å². The molecule has 1 N–H and O–H groups in total. The largest absolute Gasteiger partial charge is 0.495 e. The molecule has 134 valence electrons. The number of halogens is 2. The van der Waals surface area contributed by atoms with Gasteiger partial charge in [-0.1, -0.05) is 23.2 Å². The van der Waals surface area contributed by atoms with Crippen molar-refractivity contribution in [1.82, 2.24) is 0 Å². The lowest BCUT2D eigenvalue weighted by molar-refractivity contribution is -0.122. The molecule has 25 heavy (non-hydrogen) atoms. The summed E-state index contributed by atoms with van der Waals surface area (Å²) < 4.78 is 16.1. The summed E-state index contributed by atoms with van der Waals surface area (Å²) in [4.78, 5) is 12.4. The van der Waals surface area contributed by atoms with Crippen LogP contribution in [0.2, 0.25) is 10.0 Å². The number of amides is 1. The number of ether oxygens (including phenoxy) is 3. The number of benzene rings is 2. The van der Waals surface area contributed by atoms with Crippen molar-refractivity contribution in [2.75, 3.05) is 19.5 Å². The van der Waals surface area contributed by atoms with Crippen LogP contribution in [0.5, 0.6) is 17.2 Å². The van der Waals surface area contributed by atoms with Gasteiger partial charge >= 0.3 is 0 Å². The molecular formula is C18H19Cl2NO4. The van der Waals surface area contributed by atoms with Crippen LogP contribution in [-0.4, -0.2) is 26.2 Å². The highest BCUT2D eigenvalue weighted by Crippen LogP contribution is 2.36. The minimum atomic E-state index is -0.731. The van der Waals surface area contributed by atoms with Crippen LogP contribution in [0.4, 0.5) is 5.69 Å². The van der Waals surface area contributed by atoms with E-state index in [0.717, 1.165) is 5.56 Å². The number of methoxy groups -OCH3 is 2. The molecule has 2 aromatic rings. The summed E-state index contributed by atoms with van der Waals surface area (Å²) >= 11 is 12.0. The zero-order chi connectivity index (χ0) is 18.6. The predicted octanol–water partition coefficient (Wildman–Crippen LogP) is 4.73. The maximum absolute atomic E-state index is 12.4. The average Bonchev–Trinajstić information content (AvgIpc) is 2.57. The van der Waals surface area contributed by atoms with Gasteiger partial charge in [-0.2, -0.15) is 0 Å². The summed E-state index contributed by atoms with van der Waals surface area (Å²) in [7, 11) is 3.00. The lowest BCUT2D eigenvalue weighted by Crippen LogP contribution is -2.30. The molecule has 0 saturated heterocycles. The van der Waals surface area contributed by atoms with Gasteiger partial charge < -0.3 is 19.5 Å². The van der Waals surface area contributed by atoms with Gasteiger partial charge in [0.15, 0.2) is 6.10 Å². The van der Waals surface area contributed by atoms with E-state index >= 15 is 0 Å². The molecule has 0 spiro atoms. The Hall–Kier alpha value is -2.11. The highest BCUT2D eigenvalue weighted by atomic mass is 35.5. The lowest BCUT2D eigenvalue weighted by Gasteiger charge is -2.18. The third kappa shape index (κ3) is 4.71. The highest BCUT2D eigenvalue weighted by Gasteiger charge is 2.19. The minimum absolute atomic E-state index is 0.339. The number of carbonyl (C=O) groups excluding carboxylic acids is 1. The van der Waals surface area contributed by atoms with Crippen LogP contribution in [0.15, 0.2) is 30.3 Å². The number of aryl methyl sites for hydroxylation is 1. The summed E-state index contributed by atoms with van der Waals surface area (Å²) in [6.45, 7) is 3.51. The van der Waals surface area contributed by atoms with E-state index in [-0.39, 0.29) is 5.91 Å². The molecule has 1 amide bonds. The molecule has 7 heteroatoms. The van der Waals surface area contributed by atoms with Gasteiger partial charge in [-0.05, 0) is 43.7 Å². The molecule has 0 bridgehead atoms. The molecule has 2 rings (SSSR count). The molecule has 0 aliphatic carbocycles. The van der Waals surface area contributed by atoms with Crippen molar-refractivity contribution >= 4 is 34.8 Å². The Morgan fingerprint density at radius 1 is 1.04 bits per heavy atom. The number of hydrogen-bond donors (Lipinski definition) is 1. The fourth-order valence-corrected chi connectivity index (χ4v) is 2.65. The second-order valence-electron chi connectivity index (χ2n) is 5.35. The van der Waals surface area contributed by atoms with Crippen molar-refractivity contribution in [1.29, 1.82) is 0 Å². The number of nitrogens with one attached hydrogen (secondary N) is 1. The first-order valence-electron chi connectivity index (χ1n) is 7.51. The number of hydrogen-bond acceptors (Lipinski definition) is 4. The molecule has 0 aliphatic heterocycles. The standard InChI is InChI=1S/C18H19Cl2NO4/c1-10-7-12(19)5-6-15(10)25-11(2)18(22)21-14-8-13(20)16(23-3)9-17(14)24-4/h5-9,11H,1-4H3,(H,21,22). The summed E-state index contributed by atoms with van der Waals surface area (Å²) in [5.74, 6) is 1.14. The second-order valence-corrected chi connectivity index (χ2v) is 6.19. The average molecular weight is 384 g/mol. The molecule has 1 unspecified atom stereocenters. The molecule has 0 aliphatic rings. The first kappa shape index (κ1) is 19.2. The van der Waals surface area contributed by atoms with Crippen LogP contribution in [0.3, 0.4) is 0 Å². The van der Waals surface area contributed by atoms with Gasteiger partial charge in [0.2, 0.25) is 0 Å². The quantitative estimate of drug-likeness (QED) is 0.783. The van der Waals surface area contributed by atoms with E-state index in [4.69, 9.17) is 37.4 Å². The van der Waals surface area contributed by atoms with Gasteiger partial charge in [0.1, 0.15) is 17.2 Å². The maximum Gasteiger partial charge on any atom is 0.265 e. The van der Waals surface area contributed by atoms with E-state index in [2.05, 4.69) is 5.32 Å². The first-order chi connectivity index (χ1) is 11.8. The predicted molar refractivity (Wildman–Crippen MR) is 99.5 cm³/mol. The number of anilines is 1. The summed E-state index contributed by atoms with van der Waals surface area (Å²) in [6.07, 6.45) is -0.731. The smallest absolute Gasteiger partial charge is 0.265 e. The Morgan fingerprint density at radius 2 is 1.72 bits per heavy atom. The number of carbonyl (C=O) groups is 1. The molecule has 0 fully saturated rings. The van der Waals surface area contributed by atoms with Crippen molar-refractivity contribution in [3.8, 4) is 17.2 Å². The molecule has 0 radical (unpaired) electrons. The first-order valence-corrected chi connectivity index (χ1v) is 8.26. The monoisotopic (exact) mass is 383 g/mol. The second kappa shape index (κ2) is 8.32. The third-order valence-corrected chi connectivity index (χ3v) is 4.07. The van der Waals surface area contributed by atoms with E-state index in [1.165, 1.54) is 14.2 Å².